The maximum Gasteiger partial charge on any atom is 0.300 e. The van der Waals surface area contributed by atoms with E-state index in [1.54, 1.807) is 24.3 Å². The van der Waals surface area contributed by atoms with Crippen LogP contribution in [0, 0.1) is 15.9 Å². The number of halogens is 1. The van der Waals surface area contributed by atoms with Gasteiger partial charge in [-0.1, -0.05) is 12.1 Å². The van der Waals surface area contributed by atoms with E-state index < -0.39 is 34.2 Å². The summed E-state index contributed by atoms with van der Waals surface area (Å²) in [4.78, 5) is 37.6. The highest BCUT2D eigenvalue weighted by molar-refractivity contribution is 6.51. The Morgan fingerprint density at radius 3 is 2.15 bits per heavy atom. The van der Waals surface area contributed by atoms with Gasteiger partial charge < -0.3 is 9.84 Å². The highest BCUT2D eigenvalue weighted by atomic mass is 19.1. The smallest absolute Gasteiger partial charge is 0.300 e. The number of amides is 1. The Morgan fingerprint density at radius 1 is 1.00 bits per heavy atom. The van der Waals surface area contributed by atoms with Crippen molar-refractivity contribution in [3.05, 3.63) is 105 Å². The number of nitrogens with zero attached hydrogens (tertiary/aromatic N) is 2. The van der Waals surface area contributed by atoms with E-state index in [9.17, 15) is 29.2 Å². The van der Waals surface area contributed by atoms with E-state index in [4.69, 9.17) is 4.74 Å². The van der Waals surface area contributed by atoms with Gasteiger partial charge in [-0.05, 0) is 54.1 Å². The third-order valence-electron chi connectivity index (χ3n) is 5.33. The average Bonchev–Trinajstić information content (AvgIpc) is 3.09. The van der Waals surface area contributed by atoms with Crippen LogP contribution < -0.4 is 9.64 Å². The van der Waals surface area contributed by atoms with Crippen LogP contribution in [0.5, 0.6) is 5.75 Å². The standard InChI is InChI=1S/C24H17FN2O6/c1-33-19-12-4-14(5-13-19)21-20(22(28)15-2-8-18(9-3-15)27(31)32)23(29)24(30)26(21)17-10-6-16(25)7-11-17/h2-13,21,28H,1H3/b22-20-. The van der Waals surface area contributed by atoms with Crippen molar-refractivity contribution in [2.45, 2.75) is 6.04 Å². The van der Waals surface area contributed by atoms with E-state index in [-0.39, 0.29) is 22.5 Å². The van der Waals surface area contributed by atoms with Crippen LogP contribution in [0.1, 0.15) is 17.2 Å². The minimum Gasteiger partial charge on any atom is -0.507 e. The van der Waals surface area contributed by atoms with Crippen LogP contribution in [-0.2, 0) is 9.59 Å². The molecule has 1 fully saturated rings. The summed E-state index contributed by atoms with van der Waals surface area (Å²) in [5, 5.41) is 21.9. The second-order valence-corrected chi connectivity index (χ2v) is 7.22. The molecular formula is C24H17FN2O6. The first kappa shape index (κ1) is 21.7. The molecule has 1 aliphatic heterocycles. The topological polar surface area (TPSA) is 110 Å². The van der Waals surface area contributed by atoms with Gasteiger partial charge in [-0.2, -0.15) is 0 Å². The summed E-state index contributed by atoms with van der Waals surface area (Å²) in [6.07, 6.45) is 0. The largest absolute Gasteiger partial charge is 0.507 e. The van der Waals surface area contributed by atoms with E-state index in [0.717, 1.165) is 12.1 Å². The zero-order valence-corrected chi connectivity index (χ0v) is 17.3. The fourth-order valence-corrected chi connectivity index (χ4v) is 3.70. The minimum absolute atomic E-state index is 0.135. The Hall–Kier alpha value is -4.53. The molecule has 0 bridgehead atoms. The van der Waals surface area contributed by atoms with Gasteiger partial charge in [-0.15, -0.1) is 0 Å². The number of ketones is 1. The zero-order valence-electron chi connectivity index (χ0n) is 17.3. The maximum absolute atomic E-state index is 13.5. The molecule has 3 aromatic carbocycles. The molecule has 33 heavy (non-hydrogen) atoms. The highest BCUT2D eigenvalue weighted by Gasteiger charge is 2.47. The van der Waals surface area contributed by atoms with Crippen LogP contribution in [-0.4, -0.2) is 28.8 Å². The van der Waals surface area contributed by atoms with Crippen molar-refractivity contribution >= 4 is 28.8 Å². The molecule has 1 aliphatic rings. The van der Waals surface area contributed by atoms with Crippen LogP contribution in [0.4, 0.5) is 15.8 Å². The zero-order chi connectivity index (χ0) is 23.7. The predicted octanol–water partition coefficient (Wildman–Crippen LogP) is 4.37. The fourth-order valence-electron chi connectivity index (χ4n) is 3.70. The van der Waals surface area contributed by atoms with Crippen molar-refractivity contribution in [1.29, 1.82) is 0 Å². The van der Waals surface area contributed by atoms with Crippen molar-refractivity contribution in [3.63, 3.8) is 0 Å². The van der Waals surface area contributed by atoms with Crippen molar-refractivity contribution in [3.8, 4) is 5.75 Å². The maximum atomic E-state index is 13.5. The fraction of sp³-hybridized carbons (Fsp3) is 0.0833. The highest BCUT2D eigenvalue weighted by Crippen LogP contribution is 2.42. The molecule has 166 valence electrons. The lowest BCUT2D eigenvalue weighted by Crippen LogP contribution is -2.29. The molecule has 0 spiro atoms. The van der Waals surface area contributed by atoms with Gasteiger partial charge >= 0.3 is 0 Å². The Labute approximate surface area is 187 Å². The first-order valence-corrected chi connectivity index (χ1v) is 9.77. The van der Waals surface area contributed by atoms with Crippen molar-refractivity contribution in [2.24, 2.45) is 0 Å². The number of hydrogen-bond acceptors (Lipinski definition) is 6. The van der Waals surface area contributed by atoms with E-state index in [1.807, 2.05) is 0 Å². The van der Waals surface area contributed by atoms with E-state index >= 15 is 0 Å². The molecule has 1 saturated heterocycles. The van der Waals surface area contributed by atoms with Gasteiger partial charge in [0.1, 0.15) is 17.3 Å². The summed E-state index contributed by atoms with van der Waals surface area (Å²) in [5.41, 5.74) is 0.523. The Morgan fingerprint density at radius 2 is 1.61 bits per heavy atom. The minimum atomic E-state index is -1.02. The molecular weight excluding hydrogens is 431 g/mol. The monoisotopic (exact) mass is 448 g/mol. The summed E-state index contributed by atoms with van der Waals surface area (Å²) < 4.78 is 18.7. The van der Waals surface area contributed by atoms with Crippen LogP contribution in [0.2, 0.25) is 0 Å². The number of anilines is 1. The molecule has 1 heterocycles. The molecule has 0 saturated carbocycles. The van der Waals surface area contributed by atoms with Gasteiger partial charge in [0.15, 0.2) is 0 Å². The van der Waals surface area contributed by atoms with E-state index in [0.29, 0.717) is 11.3 Å². The number of carbonyl (C=O) groups excluding carboxylic acids is 2. The Bertz CT molecular complexity index is 1270. The van der Waals surface area contributed by atoms with Crippen molar-refractivity contribution in [2.75, 3.05) is 12.0 Å². The third-order valence-corrected chi connectivity index (χ3v) is 5.33. The summed E-state index contributed by atoms with van der Waals surface area (Å²) in [6, 6.07) is 15.6. The number of rotatable bonds is 5. The average molecular weight is 448 g/mol. The molecule has 4 rings (SSSR count). The predicted molar refractivity (Wildman–Crippen MR) is 117 cm³/mol. The number of ether oxygens (including phenoxy) is 1. The number of methoxy groups -OCH3 is 1. The lowest BCUT2D eigenvalue weighted by atomic mass is 9.95. The molecule has 3 aromatic rings. The van der Waals surface area contributed by atoms with Crippen LogP contribution in [0.3, 0.4) is 0 Å². The number of carbonyl (C=O) groups is 2. The number of Topliss-reactive ketones (excluding diaryl/α,β-unsaturated/α-hetero) is 1. The number of aliphatic hydroxyl groups is 1. The third kappa shape index (κ3) is 3.91. The summed E-state index contributed by atoms with van der Waals surface area (Å²) in [7, 11) is 1.49. The Balaban J connectivity index is 1.90. The number of hydrogen-bond donors (Lipinski definition) is 1. The molecule has 0 aromatic heterocycles. The molecule has 1 atom stereocenters. The Kier molecular flexibility index (Phi) is 5.61. The van der Waals surface area contributed by atoms with Crippen LogP contribution in [0.15, 0.2) is 78.4 Å². The van der Waals surface area contributed by atoms with Gasteiger partial charge in [0, 0.05) is 23.4 Å². The van der Waals surface area contributed by atoms with Crippen LogP contribution >= 0.6 is 0 Å². The second-order valence-electron chi connectivity index (χ2n) is 7.22. The summed E-state index contributed by atoms with van der Waals surface area (Å²) in [6.45, 7) is 0. The molecule has 0 radical (unpaired) electrons. The van der Waals surface area contributed by atoms with Crippen molar-refractivity contribution < 1.29 is 28.7 Å². The quantitative estimate of drug-likeness (QED) is 0.204. The molecule has 0 aliphatic carbocycles. The van der Waals surface area contributed by atoms with E-state index in [2.05, 4.69) is 0 Å². The van der Waals surface area contributed by atoms with Crippen LogP contribution in [0.25, 0.3) is 5.76 Å². The number of aliphatic hydroxyl groups excluding tert-OH is 1. The lowest BCUT2D eigenvalue weighted by molar-refractivity contribution is -0.384. The van der Waals surface area contributed by atoms with Gasteiger partial charge in [0.2, 0.25) is 0 Å². The van der Waals surface area contributed by atoms with Gasteiger partial charge in [-0.25, -0.2) is 4.39 Å². The normalized spacial score (nSPS) is 17.3. The van der Waals surface area contributed by atoms with Gasteiger partial charge in [0.05, 0.1) is 23.6 Å². The second kappa shape index (κ2) is 8.54. The molecule has 8 nitrogen and oxygen atoms in total. The number of non-ortho nitro benzene ring substituents is 1. The van der Waals surface area contributed by atoms with E-state index in [1.165, 1.54) is 48.4 Å². The first-order chi connectivity index (χ1) is 15.8. The number of benzene rings is 3. The van der Waals surface area contributed by atoms with Gasteiger partial charge in [-0.3, -0.25) is 24.6 Å². The molecule has 9 heteroatoms. The van der Waals surface area contributed by atoms with Gasteiger partial charge in [0.25, 0.3) is 17.4 Å². The first-order valence-electron chi connectivity index (χ1n) is 9.77. The molecule has 1 N–H and O–H groups in total. The molecule has 1 amide bonds. The summed E-state index contributed by atoms with van der Waals surface area (Å²) in [5.74, 6) is -2.27. The SMILES string of the molecule is COc1ccc(C2/C(=C(/O)c3ccc([N+](=O)[O-])cc3)C(=O)C(=O)N2c2ccc(F)cc2)cc1. The molecule has 1 unspecified atom stereocenters. The number of nitro groups is 1. The lowest BCUT2D eigenvalue weighted by Gasteiger charge is -2.25. The summed E-state index contributed by atoms with van der Waals surface area (Å²) >= 11 is 0. The van der Waals surface area contributed by atoms with Crippen molar-refractivity contribution in [1.82, 2.24) is 0 Å². The number of nitro benzene ring substituents is 1.